The summed E-state index contributed by atoms with van der Waals surface area (Å²) in [5, 5.41) is 12.8. The monoisotopic (exact) mass is 241 g/mol. The molecule has 1 aliphatic carbocycles. The number of amides is 1. The van der Waals surface area contributed by atoms with Gasteiger partial charge in [0.1, 0.15) is 6.10 Å². The predicted octanol–water partition coefficient (Wildman–Crippen LogP) is 1.22. The minimum atomic E-state index is -0.810. The molecule has 4 heteroatoms. The Hall–Kier alpha value is -0.610. The number of hydrogen-bond donors (Lipinski definition) is 2. The summed E-state index contributed by atoms with van der Waals surface area (Å²) in [6.07, 6.45) is 3.94. The maximum atomic E-state index is 11.9. The van der Waals surface area contributed by atoms with E-state index < -0.39 is 6.10 Å². The summed E-state index contributed by atoms with van der Waals surface area (Å²) in [4.78, 5) is 11.9. The molecule has 0 aromatic carbocycles. The van der Waals surface area contributed by atoms with Crippen molar-refractivity contribution >= 4 is 5.91 Å². The van der Waals surface area contributed by atoms with Crippen molar-refractivity contribution in [2.45, 2.75) is 63.7 Å². The van der Waals surface area contributed by atoms with Crippen LogP contribution in [0.15, 0.2) is 0 Å². The van der Waals surface area contributed by atoms with Crippen LogP contribution < -0.4 is 5.32 Å². The van der Waals surface area contributed by atoms with Crippen LogP contribution in [0.4, 0.5) is 0 Å². The summed E-state index contributed by atoms with van der Waals surface area (Å²) >= 11 is 0. The lowest BCUT2D eigenvalue weighted by molar-refractivity contribution is -0.136. The Morgan fingerprint density at radius 3 is 2.65 bits per heavy atom. The zero-order valence-electron chi connectivity index (χ0n) is 10.7. The van der Waals surface area contributed by atoms with Crippen molar-refractivity contribution in [3.63, 3.8) is 0 Å². The number of nitrogens with one attached hydrogen (secondary N) is 1. The molecule has 2 rings (SSSR count). The van der Waals surface area contributed by atoms with Crippen molar-refractivity contribution in [3.8, 4) is 0 Å². The molecule has 1 amide bonds. The van der Waals surface area contributed by atoms with Crippen LogP contribution >= 0.6 is 0 Å². The lowest BCUT2D eigenvalue weighted by Crippen LogP contribution is -2.50. The van der Waals surface area contributed by atoms with Gasteiger partial charge < -0.3 is 15.2 Å². The van der Waals surface area contributed by atoms with Crippen LogP contribution in [0.3, 0.4) is 0 Å². The molecule has 1 aliphatic heterocycles. The molecule has 2 aliphatic rings. The van der Waals surface area contributed by atoms with Crippen molar-refractivity contribution in [1.29, 1.82) is 0 Å². The van der Waals surface area contributed by atoms with E-state index >= 15 is 0 Å². The van der Waals surface area contributed by atoms with Gasteiger partial charge in [0.15, 0.2) is 0 Å². The van der Waals surface area contributed by atoms with E-state index in [0.29, 0.717) is 6.61 Å². The molecule has 1 saturated carbocycles. The van der Waals surface area contributed by atoms with Crippen LogP contribution in [0, 0.1) is 5.92 Å². The molecule has 0 unspecified atom stereocenters. The molecule has 0 spiro atoms. The van der Waals surface area contributed by atoms with E-state index in [0.717, 1.165) is 32.1 Å². The second kappa shape index (κ2) is 4.94. The Balaban J connectivity index is 1.81. The summed E-state index contributed by atoms with van der Waals surface area (Å²) in [6, 6.07) is 0.140. The Labute approximate surface area is 103 Å². The molecule has 98 valence electrons. The fourth-order valence-electron chi connectivity index (χ4n) is 2.61. The van der Waals surface area contributed by atoms with Gasteiger partial charge in [0, 0.05) is 12.6 Å². The molecule has 1 heterocycles. The summed E-state index contributed by atoms with van der Waals surface area (Å²) in [7, 11) is 0. The molecule has 0 bridgehead atoms. The average molecular weight is 241 g/mol. The van der Waals surface area contributed by atoms with Crippen molar-refractivity contribution in [3.05, 3.63) is 0 Å². The SMILES string of the molecule is CC1(C)C[C@H](NC(=O)[C@@H](O)C2CCC2)CCO1. The van der Waals surface area contributed by atoms with Gasteiger partial charge in [-0.25, -0.2) is 0 Å². The summed E-state index contributed by atoms with van der Waals surface area (Å²) in [6.45, 7) is 4.75. The van der Waals surface area contributed by atoms with Crippen LogP contribution in [-0.4, -0.2) is 35.4 Å². The summed E-state index contributed by atoms with van der Waals surface area (Å²) in [5.74, 6) is -0.0137. The van der Waals surface area contributed by atoms with Crippen LogP contribution in [-0.2, 0) is 9.53 Å². The first-order chi connectivity index (χ1) is 7.98. The second-order valence-corrected chi connectivity index (χ2v) is 5.94. The Morgan fingerprint density at radius 2 is 2.12 bits per heavy atom. The van der Waals surface area contributed by atoms with Crippen molar-refractivity contribution in [1.82, 2.24) is 5.32 Å². The fourth-order valence-corrected chi connectivity index (χ4v) is 2.61. The smallest absolute Gasteiger partial charge is 0.249 e. The molecule has 1 saturated heterocycles. The second-order valence-electron chi connectivity index (χ2n) is 5.94. The summed E-state index contributed by atoms with van der Waals surface area (Å²) < 4.78 is 5.60. The number of aliphatic hydroxyl groups excluding tert-OH is 1. The molecular weight excluding hydrogens is 218 g/mol. The van der Waals surface area contributed by atoms with E-state index in [1.54, 1.807) is 0 Å². The van der Waals surface area contributed by atoms with Gasteiger partial charge in [0.05, 0.1) is 5.60 Å². The number of aliphatic hydroxyl groups is 1. The van der Waals surface area contributed by atoms with Crippen molar-refractivity contribution in [2.24, 2.45) is 5.92 Å². The zero-order valence-corrected chi connectivity index (χ0v) is 10.7. The molecule has 0 aromatic rings. The minimum Gasteiger partial charge on any atom is -0.383 e. The molecular formula is C13H23NO3. The highest BCUT2D eigenvalue weighted by Crippen LogP contribution is 2.30. The summed E-state index contributed by atoms with van der Waals surface area (Å²) in [5.41, 5.74) is -0.169. The lowest BCUT2D eigenvalue weighted by Gasteiger charge is -2.37. The van der Waals surface area contributed by atoms with Crippen molar-refractivity contribution < 1.29 is 14.6 Å². The normalized spacial score (nSPS) is 30.4. The van der Waals surface area contributed by atoms with Gasteiger partial charge in [-0.2, -0.15) is 0 Å². The van der Waals surface area contributed by atoms with E-state index in [9.17, 15) is 9.90 Å². The van der Waals surface area contributed by atoms with Gasteiger partial charge in [-0.15, -0.1) is 0 Å². The number of carbonyl (C=O) groups excluding carboxylic acids is 1. The largest absolute Gasteiger partial charge is 0.383 e. The van der Waals surface area contributed by atoms with E-state index in [1.165, 1.54) is 0 Å². The molecule has 17 heavy (non-hydrogen) atoms. The highest BCUT2D eigenvalue weighted by molar-refractivity contribution is 5.81. The van der Waals surface area contributed by atoms with E-state index in [4.69, 9.17) is 4.74 Å². The molecule has 0 aromatic heterocycles. The van der Waals surface area contributed by atoms with Gasteiger partial charge in [0.25, 0.3) is 0 Å². The standard InChI is InChI=1S/C13H23NO3/c1-13(2)8-10(6-7-17-13)14-12(16)11(15)9-4-3-5-9/h9-11,15H,3-8H2,1-2H3,(H,14,16)/t10-,11+/m1/s1. The van der Waals surface area contributed by atoms with Gasteiger partial charge >= 0.3 is 0 Å². The van der Waals surface area contributed by atoms with Crippen molar-refractivity contribution in [2.75, 3.05) is 6.61 Å². The van der Waals surface area contributed by atoms with E-state index in [2.05, 4.69) is 5.32 Å². The molecule has 4 nitrogen and oxygen atoms in total. The first kappa shape index (κ1) is 12.8. The average Bonchev–Trinajstić information content (AvgIpc) is 2.12. The minimum absolute atomic E-state index is 0.140. The number of carbonyl (C=O) groups is 1. The predicted molar refractivity (Wildman–Crippen MR) is 64.5 cm³/mol. The van der Waals surface area contributed by atoms with Crippen LogP contribution in [0.25, 0.3) is 0 Å². The third kappa shape index (κ3) is 3.19. The van der Waals surface area contributed by atoms with Gasteiger partial charge in [-0.1, -0.05) is 6.42 Å². The maximum absolute atomic E-state index is 11.9. The zero-order chi connectivity index (χ0) is 12.5. The number of ether oxygens (including phenoxy) is 1. The Bertz CT molecular complexity index is 286. The quantitative estimate of drug-likeness (QED) is 0.781. The third-order valence-corrected chi connectivity index (χ3v) is 3.91. The first-order valence-electron chi connectivity index (χ1n) is 6.60. The van der Waals surface area contributed by atoms with Gasteiger partial charge in [-0.3, -0.25) is 4.79 Å². The first-order valence-corrected chi connectivity index (χ1v) is 6.60. The Morgan fingerprint density at radius 1 is 1.41 bits per heavy atom. The van der Waals surface area contributed by atoms with Crippen LogP contribution in [0.5, 0.6) is 0 Å². The fraction of sp³-hybridized carbons (Fsp3) is 0.923. The number of hydrogen-bond acceptors (Lipinski definition) is 3. The maximum Gasteiger partial charge on any atom is 0.249 e. The molecule has 0 radical (unpaired) electrons. The van der Waals surface area contributed by atoms with E-state index in [-0.39, 0.29) is 23.5 Å². The number of rotatable bonds is 3. The molecule has 2 atom stereocenters. The van der Waals surface area contributed by atoms with Crippen LogP contribution in [0.2, 0.25) is 0 Å². The van der Waals surface area contributed by atoms with Crippen LogP contribution in [0.1, 0.15) is 46.0 Å². The highest BCUT2D eigenvalue weighted by Gasteiger charge is 2.34. The highest BCUT2D eigenvalue weighted by atomic mass is 16.5. The van der Waals surface area contributed by atoms with E-state index in [1.807, 2.05) is 13.8 Å². The Kier molecular flexibility index (Phi) is 3.73. The molecule has 2 N–H and O–H groups in total. The molecule has 2 fully saturated rings. The third-order valence-electron chi connectivity index (χ3n) is 3.91. The van der Waals surface area contributed by atoms with Gasteiger partial charge in [0.2, 0.25) is 5.91 Å². The topological polar surface area (TPSA) is 58.6 Å². The lowest BCUT2D eigenvalue weighted by atomic mass is 9.80. The van der Waals surface area contributed by atoms with Gasteiger partial charge in [-0.05, 0) is 45.4 Å².